The molecule has 4 N–H and O–H groups in total. The van der Waals surface area contributed by atoms with E-state index in [1.165, 1.54) is 0 Å². The normalized spacial score (nSPS) is 29.6. The average Bonchev–Trinajstić information content (AvgIpc) is 2.90. The minimum Gasteiger partial charge on any atom is -0.505 e. The Kier molecular flexibility index (Phi) is 3.63. The number of likely N-dealkylation sites (tertiary alicyclic amines) is 1. The summed E-state index contributed by atoms with van der Waals surface area (Å²) in [7, 11) is 0. The van der Waals surface area contributed by atoms with Crippen molar-refractivity contribution in [3.8, 4) is 0 Å². The lowest BCUT2D eigenvalue weighted by Crippen LogP contribution is -2.44. The number of carbonyl (C=O) groups is 2. The van der Waals surface area contributed by atoms with Gasteiger partial charge < -0.3 is 25.2 Å². The smallest absolute Gasteiger partial charge is 0.377 e. The van der Waals surface area contributed by atoms with Crippen LogP contribution in [0.4, 0.5) is 0 Å². The summed E-state index contributed by atoms with van der Waals surface area (Å²) < 4.78 is 4.62. The molecular formula is C11H15NO7. The van der Waals surface area contributed by atoms with Crippen LogP contribution in [-0.2, 0) is 14.3 Å². The molecule has 0 saturated carbocycles. The van der Waals surface area contributed by atoms with Crippen molar-refractivity contribution in [2.75, 3.05) is 13.1 Å². The van der Waals surface area contributed by atoms with Gasteiger partial charge in [0, 0.05) is 6.54 Å². The van der Waals surface area contributed by atoms with Gasteiger partial charge in [-0.25, -0.2) is 4.79 Å². The summed E-state index contributed by atoms with van der Waals surface area (Å²) in [6.07, 6.45) is -1.46. The van der Waals surface area contributed by atoms with E-state index in [-0.39, 0.29) is 6.54 Å². The van der Waals surface area contributed by atoms with Crippen LogP contribution < -0.4 is 0 Å². The van der Waals surface area contributed by atoms with E-state index in [0.717, 1.165) is 0 Å². The first-order valence-corrected chi connectivity index (χ1v) is 5.89. The van der Waals surface area contributed by atoms with Gasteiger partial charge in [0.25, 0.3) is 0 Å². The second-order valence-corrected chi connectivity index (χ2v) is 4.62. The molecule has 0 radical (unpaired) electrons. The van der Waals surface area contributed by atoms with Gasteiger partial charge in [0.1, 0.15) is 12.1 Å². The highest BCUT2D eigenvalue weighted by Crippen LogP contribution is 2.24. The van der Waals surface area contributed by atoms with Crippen LogP contribution in [0.25, 0.3) is 0 Å². The van der Waals surface area contributed by atoms with Gasteiger partial charge >= 0.3 is 11.9 Å². The predicted octanol–water partition coefficient (Wildman–Crippen LogP) is -0.851. The minimum atomic E-state index is -1.34. The van der Waals surface area contributed by atoms with E-state index in [4.69, 9.17) is 10.2 Å². The summed E-state index contributed by atoms with van der Waals surface area (Å²) in [5.74, 6) is -3.71. The van der Waals surface area contributed by atoms with Gasteiger partial charge in [-0.2, -0.15) is 0 Å². The van der Waals surface area contributed by atoms with Crippen LogP contribution in [0.15, 0.2) is 11.5 Å². The second-order valence-electron chi connectivity index (χ2n) is 4.62. The third kappa shape index (κ3) is 2.49. The van der Waals surface area contributed by atoms with Crippen LogP contribution in [0.1, 0.15) is 12.8 Å². The number of nitrogens with zero attached hydrogens (tertiary/aromatic N) is 1. The zero-order valence-corrected chi connectivity index (χ0v) is 10.0. The fourth-order valence-electron chi connectivity index (χ4n) is 2.39. The van der Waals surface area contributed by atoms with Crippen LogP contribution in [0.3, 0.4) is 0 Å². The summed E-state index contributed by atoms with van der Waals surface area (Å²) >= 11 is 0. The van der Waals surface area contributed by atoms with Gasteiger partial charge in [-0.1, -0.05) is 0 Å². The predicted molar refractivity (Wildman–Crippen MR) is 60.4 cm³/mol. The highest BCUT2D eigenvalue weighted by Gasteiger charge is 2.41. The van der Waals surface area contributed by atoms with Gasteiger partial charge in [0.05, 0.1) is 0 Å². The van der Waals surface area contributed by atoms with Crippen molar-refractivity contribution in [3.63, 3.8) is 0 Å². The maximum atomic E-state index is 11.0. The fourth-order valence-corrected chi connectivity index (χ4v) is 2.39. The Bertz CT molecular complexity index is 433. The zero-order chi connectivity index (χ0) is 14.2. The summed E-state index contributed by atoms with van der Waals surface area (Å²) in [4.78, 5) is 23.5. The molecule has 2 rings (SSSR count). The van der Waals surface area contributed by atoms with Crippen molar-refractivity contribution in [2.45, 2.75) is 31.1 Å². The molecule has 0 aliphatic carbocycles. The Morgan fingerprint density at radius 2 is 2.16 bits per heavy atom. The standard InChI is InChI=1S/C11H15NO7/c13-6(9-7(14)8(15)11(18)19-9)4-12-3-1-2-5(12)10(16)17/h5-6,9,13-15H,1-4H2,(H,16,17). The number of aliphatic hydroxyl groups is 3. The molecule has 0 aromatic carbocycles. The van der Waals surface area contributed by atoms with Crippen LogP contribution in [0.5, 0.6) is 0 Å². The number of carboxylic acids is 1. The summed E-state index contributed by atoms with van der Waals surface area (Å²) in [6, 6.07) is -0.688. The monoisotopic (exact) mass is 273 g/mol. The molecule has 8 heteroatoms. The number of β-amino-alcohol motifs (C(OH)–C–C–N with tert-alkyl or cyclic N) is 1. The number of carbonyl (C=O) groups excluding carboxylic acids is 1. The Labute approximate surface area is 108 Å². The first-order valence-electron chi connectivity index (χ1n) is 5.89. The van der Waals surface area contributed by atoms with E-state index >= 15 is 0 Å². The number of ether oxygens (including phenoxy) is 1. The summed E-state index contributed by atoms with van der Waals surface area (Å²) in [6.45, 7) is 0.442. The lowest BCUT2D eigenvalue weighted by atomic mass is 10.1. The summed E-state index contributed by atoms with van der Waals surface area (Å²) in [5.41, 5.74) is 0. The number of carboxylic acid groups (broad SMARTS) is 1. The Hall–Kier alpha value is -1.80. The molecule has 3 atom stereocenters. The molecule has 19 heavy (non-hydrogen) atoms. The quantitative estimate of drug-likeness (QED) is 0.488. The molecule has 3 unspecified atom stereocenters. The lowest BCUT2D eigenvalue weighted by molar-refractivity contribution is -0.149. The van der Waals surface area contributed by atoms with Crippen molar-refractivity contribution < 1.29 is 34.8 Å². The first-order chi connectivity index (χ1) is 8.91. The van der Waals surface area contributed by atoms with Crippen LogP contribution >= 0.6 is 0 Å². The molecule has 0 amide bonds. The molecule has 0 aromatic heterocycles. The third-order valence-corrected chi connectivity index (χ3v) is 3.36. The van der Waals surface area contributed by atoms with Crippen molar-refractivity contribution in [3.05, 3.63) is 11.5 Å². The van der Waals surface area contributed by atoms with Crippen molar-refractivity contribution in [1.82, 2.24) is 4.90 Å². The number of esters is 1. The van der Waals surface area contributed by atoms with Crippen molar-refractivity contribution >= 4 is 11.9 Å². The zero-order valence-electron chi connectivity index (χ0n) is 10.0. The number of cyclic esters (lactones) is 1. The SMILES string of the molecule is O=C1OC(C(O)CN2CCCC2C(=O)O)C(O)=C1O. The first kappa shape index (κ1) is 13.6. The molecular weight excluding hydrogens is 258 g/mol. The maximum absolute atomic E-state index is 11.0. The third-order valence-electron chi connectivity index (χ3n) is 3.36. The Balaban J connectivity index is 2.00. The molecule has 0 spiro atoms. The minimum absolute atomic E-state index is 0.0632. The number of rotatable bonds is 4. The van der Waals surface area contributed by atoms with Crippen LogP contribution in [0, 0.1) is 0 Å². The fraction of sp³-hybridized carbons (Fsp3) is 0.636. The molecule has 0 aromatic rings. The molecule has 106 valence electrons. The molecule has 2 aliphatic heterocycles. The number of hydrogen-bond donors (Lipinski definition) is 4. The Morgan fingerprint density at radius 1 is 1.47 bits per heavy atom. The van der Waals surface area contributed by atoms with Gasteiger partial charge in [-0.3, -0.25) is 9.69 Å². The second kappa shape index (κ2) is 5.06. The number of aliphatic hydroxyl groups excluding tert-OH is 3. The van der Waals surface area contributed by atoms with Crippen LogP contribution in [-0.4, -0.2) is 68.6 Å². The Morgan fingerprint density at radius 3 is 2.68 bits per heavy atom. The van der Waals surface area contributed by atoms with E-state index in [9.17, 15) is 19.8 Å². The molecule has 1 saturated heterocycles. The molecule has 2 heterocycles. The topological polar surface area (TPSA) is 128 Å². The van der Waals surface area contributed by atoms with Crippen molar-refractivity contribution in [2.24, 2.45) is 0 Å². The molecule has 0 bridgehead atoms. The van der Waals surface area contributed by atoms with Crippen LogP contribution in [0.2, 0.25) is 0 Å². The molecule has 8 nitrogen and oxygen atoms in total. The lowest BCUT2D eigenvalue weighted by Gasteiger charge is -2.26. The van der Waals surface area contributed by atoms with E-state index in [2.05, 4.69) is 4.74 Å². The van der Waals surface area contributed by atoms with E-state index in [0.29, 0.717) is 19.4 Å². The largest absolute Gasteiger partial charge is 0.505 e. The van der Waals surface area contributed by atoms with Gasteiger partial charge in [-0.05, 0) is 19.4 Å². The molecule has 1 fully saturated rings. The number of aliphatic carboxylic acids is 1. The van der Waals surface area contributed by atoms with Gasteiger partial charge in [0.15, 0.2) is 11.9 Å². The number of hydrogen-bond acceptors (Lipinski definition) is 7. The van der Waals surface area contributed by atoms with Gasteiger partial charge in [-0.15, -0.1) is 0 Å². The summed E-state index contributed by atoms with van der Waals surface area (Å²) in [5, 5.41) is 37.4. The van der Waals surface area contributed by atoms with E-state index in [1.54, 1.807) is 4.90 Å². The maximum Gasteiger partial charge on any atom is 0.377 e. The average molecular weight is 273 g/mol. The highest BCUT2D eigenvalue weighted by atomic mass is 16.6. The van der Waals surface area contributed by atoms with E-state index in [1.807, 2.05) is 0 Å². The molecule has 2 aliphatic rings. The van der Waals surface area contributed by atoms with E-state index < -0.39 is 41.7 Å². The van der Waals surface area contributed by atoms with Crippen molar-refractivity contribution in [1.29, 1.82) is 0 Å². The highest BCUT2D eigenvalue weighted by molar-refractivity contribution is 5.89. The van der Waals surface area contributed by atoms with Gasteiger partial charge in [0.2, 0.25) is 5.76 Å².